The lowest BCUT2D eigenvalue weighted by Crippen LogP contribution is -2.38. The van der Waals surface area contributed by atoms with E-state index in [1.54, 1.807) is 6.92 Å². The van der Waals surface area contributed by atoms with Gasteiger partial charge in [0.1, 0.15) is 0 Å². The van der Waals surface area contributed by atoms with Crippen LogP contribution >= 0.6 is 0 Å². The summed E-state index contributed by atoms with van der Waals surface area (Å²) in [6.45, 7) is 1.75. The molecule has 0 N–H and O–H groups in total. The number of carbonyl (C=O) groups excluding carboxylic acids is 1. The zero-order valence-corrected chi connectivity index (χ0v) is 13.2. The number of nitro groups is 1. The van der Waals surface area contributed by atoms with Gasteiger partial charge >= 0.3 is 12.0 Å². The quantitative estimate of drug-likeness (QED) is 0.490. The first-order chi connectivity index (χ1) is 11.6. The molecule has 0 radical (unpaired) electrons. The van der Waals surface area contributed by atoms with E-state index in [4.69, 9.17) is 4.74 Å². The lowest BCUT2D eigenvalue weighted by molar-refractivity contribution is -0.513. The Balaban J connectivity index is 2.23. The van der Waals surface area contributed by atoms with Gasteiger partial charge in [0, 0.05) is 4.92 Å². The van der Waals surface area contributed by atoms with E-state index in [1.165, 1.54) is 0 Å². The standard InChI is InChI=1S/C19H17NO4/c1-2-24-19(21)18(20(22)23)17-15-9-5-3-7-13(15)11-12-14-8-4-6-10-16(14)17/h3-12,17-18H,2H2,1H3. The van der Waals surface area contributed by atoms with Crippen molar-refractivity contribution in [1.82, 2.24) is 0 Å². The molecule has 0 heterocycles. The summed E-state index contributed by atoms with van der Waals surface area (Å²) >= 11 is 0. The summed E-state index contributed by atoms with van der Waals surface area (Å²) in [6.07, 6.45) is 3.85. The Kier molecular flexibility index (Phi) is 4.42. The van der Waals surface area contributed by atoms with Crippen molar-refractivity contribution in [2.75, 3.05) is 6.61 Å². The normalized spacial score (nSPS) is 14.2. The van der Waals surface area contributed by atoms with Gasteiger partial charge in [-0.2, -0.15) is 0 Å². The van der Waals surface area contributed by atoms with Crippen LogP contribution in [0.3, 0.4) is 0 Å². The maximum atomic E-state index is 12.3. The molecule has 1 atom stereocenters. The minimum atomic E-state index is -1.48. The molecule has 2 aromatic rings. The Labute approximate surface area is 139 Å². The summed E-state index contributed by atoms with van der Waals surface area (Å²) in [5.41, 5.74) is 3.26. The monoisotopic (exact) mass is 323 g/mol. The fraction of sp³-hybridized carbons (Fsp3) is 0.211. The second-order valence-electron chi connectivity index (χ2n) is 5.55. The smallest absolute Gasteiger partial charge is 0.382 e. The van der Waals surface area contributed by atoms with Crippen LogP contribution in [0.5, 0.6) is 0 Å². The van der Waals surface area contributed by atoms with Crippen LogP contribution in [-0.4, -0.2) is 23.5 Å². The molecule has 0 amide bonds. The molecule has 1 aliphatic carbocycles. The van der Waals surface area contributed by atoms with E-state index in [0.29, 0.717) is 0 Å². The third kappa shape index (κ3) is 2.80. The van der Waals surface area contributed by atoms with Gasteiger partial charge in [0.25, 0.3) is 0 Å². The van der Waals surface area contributed by atoms with Gasteiger partial charge in [0.05, 0.1) is 12.5 Å². The summed E-state index contributed by atoms with van der Waals surface area (Å²) in [5, 5.41) is 11.7. The number of benzene rings is 2. The summed E-state index contributed by atoms with van der Waals surface area (Å²) in [5.74, 6) is -1.50. The van der Waals surface area contributed by atoms with E-state index in [9.17, 15) is 14.9 Å². The van der Waals surface area contributed by atoms with Gasteiger partial charge in [-0.05, 0) is 29.2 Å². The van der Waals surface area contributed by atoms with Crippen LogP contribution in [0.25, 0.3) is 12.2 Å². The molecule has 1 unspecified atom stereocenters. The molecule has 0 spiro atoms. The molecule has 24 heavy (non-hydrogen) atoms. The van der Waals surface area contributed by atoms with Gasteiger partial charge in [-0.1, -0.05) is 60.7 Å². The fourth-order valence-electron chi connectivity index (χ4n) is 3.15. The van der Waals surface area contributed by atoms with Gasteiger partial charge in [-0.3, -0.25) is 10.1 Å². The van der Waals surface area contributed by atoms with E-state index < -0.39 is 22.9 Å². The van der Waals surface area contributed by atoms with Crippen molar-refractivity contribution in [3.8, 4) is 0 Å². The largest absolute Gasteiger partial charge is 0.461 e. The molecule has 3 rings (SSSR count). The first-order valence-corrected chi connectivity index (χ1v) is 7.79. The number of esters is 1. The number of carbonyl (C=O) groups is 1. The molecule has 122 valence electrons. The zero-order valence-electron chi connectivity index (χ0n) is 13.2. The van der Waals surface area contributed by atoms with Crippen molar-refractivity contribution in [3.05, 3.63) is 80.9 Å². The summed E-state index contributed by atoms with van der Waals surface area (Å²) < 4.78 is 4.99. The van der Waals surface area contributed by atoms with Crippen LogP contribution < -0.4 is 0 Å². The second kappa shape index (κ2) is 6.66. The molecule has 0 saturated carbocycles. The molecular formula is C19H17NO4. The van der Waals surface area contributed by atoms with Crippen LogP contribution in [0.15, 0.2) is 48.5 Å². The number of ether oxygens (including phenoxy) is 1. The van der Waals surface area contributed by atoms with E-state index in [1.807, 2.05) is 60.7 Å². The molecule has 0 fully saturated rings. The molecule has 5 nitrogen and oxygen atoms in total. The van der Waals surface area contributed by atoms with Gasteiger partial charge in [-0.15, -0.1) is 0 Å². The average molecular weight is 323 g/mol. The van der Waals surface area contributed by atoms with Gasteiger partial charge in [0.2, 0.25) is 0 Å². The summed E-state index contributed by atoms with van der Waals surface area (Å²) in [7, 11) is 0. The van der Waals surface area contributed by atoms with Crippen LogP contribution in [0.1, 0.15) is 35.1 Å². The SMILES string of the molecule is CCOC(=O)C(C1c2ccccc2C=Cc2ccccc21)[N+](=O)[O-]. The van der Waals surface area contributed by atoms with Crippen molar-refractivity contribution >= 4 is 18.1 Å². The van der Waals surface area contributed by atoms with Gasteiger partial charge in [-0.25, -0.2) is 4.79 Å². The maximum Gasteiger partial charge on any atom is 0.382 e. The van der Waals surface area contributed by atoms with E-state index >= 15 is 0 Å². The van der Waals surface area contributed by atoms with Crippen LogP contribution in [0, 0.1) is 10.1 Å². The van der Waals surface area contributed by atoms with E-state index in [-0.39, 0.29) is 6.61 Å². The number of nitrogens with zero attached hydrogens (tertiary/aromatic N) is 1. The Morgan fingerprint density at radius 3 is 2.04 bits per heavy atom. The third-order valence-electron chi connectivity index (χ3n) is 4.18. The topological polar surface area (TPSA) is 69.4 Å². The molecule has 0 aromatic heterocycles. The van der Waals surface area contributed by atoms with E-state index in [0.717, 1.165) is 22.3 Å². The first-order valence-electron chi connectivity index (χ1n) is 7.79. The average Bonchev–Trinajstić information content (AvgIpc) is 2.73. The van der Waals surface area contributed by atoms with Crippen molar-refractivity contribution in [3.63, 3.8) is 0 Å². The lowest BCUT2D eigenvalue weighted by Gasteiger charge is -2.22. The molecular weight excluding hydrogens is 306 g/mol. The van der Waals surface area contributed by atoms with E-state index in [2.05, 4.69) is 0 Å². The second-order valence-corrected chi connectivity index (χ2v) is 5.55. The summed E-state index contributed by atoms with van der Waals surface area (Å²) in [4.78, 5) is 23.5. The lowest BCUT2D eigenvalue weighted by atomic mass is 9.82. The van der Waals surface area contributed by atoms with Crippen molar-refractivity contribution in [1.29, 1.82) is 0 Å². The molecule has 1 aliphatic rings. The van der Waals surface area contributed by atoms with Crippen LogP contribution in [0.2, 0.25) is 0 Å². The Morgan fingerprint density at radius 1 is 1.08 bits per heavy atom. The Morgan fingerprint density at radius 2 is 1.58 bits per heavy atom. The highest BCUT2D eigenvalue weighted by Crippen LogP contribution is 2.38. The van der Waals surface area contributed by atoms with Crippen LogP contribution in [-0.2, 0) is 9.53 Å². The first kappa shape index (κ1) is 15.9. The molecule has 0 aliphatic heterocycles. The fourth-order valence-corrected chi connectivity index (χ4v) is 3.15. The van der Waals surface area contributed by atoms with Crippen molar-refractivity contribution in [2.24, 2.45) is 0 Å². The minimum Gasteiger partial charge on any atom is -0.461 e. The third-order valence-corrected chi connectivity index (χ3v) is 4.18. The molecule has 5 heteroatoms. The molecule has 0 bridgehead atoms. The highest BCUT2D eigenvalue weighted by molar-refractivity contribution is 5.81. The Hall–Kier alpha value is -2.95. The predicted octanol–water partition coefficient (Wildman–Crippen LogP) is 3.51. The number of hydrogen-bond donors (Lipinski definition) is 0. The number of hydrogen-bond acceptors (Lipinski definition) is 4. The van der Waals surface area contributed by atoms with Gasteiger partial charge in [0.15, 0.2) is 0 Å². The van der Waals surface area contributed by atoms with Crippen molar-refractivity contribution in [2.45, 2.75) is 18.9 Å². The highest BCUT2D eigenvalue weighted by Gasteiger charge is 2.43. The highest BCUT2D eigenvalue weighted by atomic mass is 16.6. The number of rotatable bonds is 4. The van der Waals surface area contributed by atoms with Crippen LogP contribution in [0.4, 0.5) is 0 Å². The minimum absolute atomic E-state index is 0.109. The van der Waals surface area contributed by atoms with Gasteiger partial charge < -0.3 is 4.74 Å². The number of fused-ring (bicyclic) bond motifs is 2. The Bertz CT molecular complexity index is 763. The maximum absolute atomic E-state index is 12.3. The predicted molar refractivity (Wildman–Crippen MR) is 91.1 cm³/mol. The molecule has 0 saturated heterocycles. The summed E-state index contributed by atoms with van der Waals surface area (Å²) in [6, 6.07) is 13.4. The zero-order chi connectivity index (χ0) is 17.1. The molecule has 2 aromatic carbocycles. The van der Waals surface area contributed by atoms with Crippen molar-refractivity contribution < 1.29 is 14.5 Å².